The van der Waals surface area contributed by atoms with E-state index in [2.05, 4.69) is 31.1 Å². The molecule has 2 fully saturated rings. The summed E-state index contributed by atoms with van der Waals surface area (Å²) in [5.41, 5.74) is 3.13. The van der Waals surface area contributed by atoms with Gasteiger partial charge in [0.2, 0.25) is 5.95 Å². The van der Waals surface area contributed by atoms with Crippen molar-refractivity contribution in [1.29, 1.82) is 0 Å². The standard InChI is InChI=1S/C27H35FN6S/c28-22-10-8-21(9-11-22)20-34-25-7-3-2-6-24(25)31-26(34)30-23-12-17-32(18-13-23)19-14-29-27(35)33-15-4-1-5-16-33/h2-3,6-11,23H,1,4-5,12-20H2,(H,29,35)(H,30,31). The zero-order valence-corrected chi connectivity index (χ0v) is 21.1. The number of hydrogen-bond donors (Lipinski definition) is 2. The molecule has 3 aromatic rings. The fourth-order valence-electron chi connectivity index (χ4n) is 5.13. The van der Waals surface area contributed by atoms with E-state index < -0.39 is 0 Å². The highest BCUT2D eigenvalue weighted by atomic mass is 32.1. The van der Waals surface area contributed by atoms with Crippen LogP contribution in [0.25, 0.3) is 11.0 Å². The van der Waals surface area contributed by atoms with Crippen LogP contribution in [0.5, 0.6) is 0 Å². The molecule has 186 valence electrons. The van der Waals surface area contributed by atoms with Crippen LogP contribution in [-0.2, 0) is 6.54 Å². The van der Waals surface area contributed by atoms with Gasteiger partial charge < -0.3 is 25.0 Å². The molecule has 1 aromatic heterocycles. The molecule has 2 aromatic carbocycles. The fourth-order valence-corrected chi connectivity index (χ4v) is 5.42. The maximum atomic E-state index is 13.4. The van der Waals surface area contributed by atoms with Crippen molar-refractivity contribution in [2.24, 2.45) is 0 Å². The molecule has 0 saturated carbocycles. The summed E-state index contributed by atoms with van der Waals surface area (Å²) in [7, 11) is 0. The number of thiocarbonyl (C=S) groups is 1. The summed E-state index contributed by atoms with van der Waals surface area (Å²) in [6.45, 7) is 6.89. The second-order valence-corrected chi connectivity index (χ2v) is 10.1. The van der Waals surface area contributed by atoms with E-state index >= 15 is 0 Å². The number of halogens is 1. The first-order valence-electron chi connectivity index (χ1n) is 12.9. The van der Waals surface area contributed by atoms with Crippen LogP contribution in [0.4, 0.5) is 10.3 Å². The van der Waals surface area contributed by atoms with Crippen LogP contribution in [0.15, 0.2) is 48.5 Å². The van der Waals surface area contributed by atoms with Gasteiger partial charge in [0.15, 0.2) is 5.11 Å². The second kappa shape index (κ2) is 11.4. The minimum absolute atomic E-state index is 0.210. The van der Waals surface area contributed by atoms with Crippen molar-refractivity contribution in [3.63, 3.8) is 0 Å². The number of piperidine rings is 2. The van der Waals surface area contributed by atoms with Gasteiger partial charge in [0, 0.05) is 45.3 Å². The molecule has 3 heterocycles. The molecule has 0 bridgehead atoms. The van der Waals surface area contributed by atoms with Gasteiger partial charge in [-0.2, -0.15) is 0 Å². The maximum absolute atomic E-state index is 13.4. The van der Waals surface area contributed by atoms with Gasteiger partial charge in [0.05, 0.1) is 17.6 Å². The Hall–Kier alpha value is -2.71. The van der Waals surface area contributed by atoms with Crippen LogP contribution in [-0.4, -0.2) is 69.8 Å². The van der Waals surface area contributed by atoms with Crippen molar-refractivity contribution in [2.75, 3.05) is 44.6 Å². The third-order valence-electron chi connectivity index (χ3n) is 7.18. The Morgan fingerprint density at radius 2 is 1.71 bits per heavy atom. The highest BCUT2D eigenvalue weighted by molar-refractivity contribution is 7.80. The third kappa shape index (κ3) is 6.11. The normalized spacial score (nSPS) is 17.6. The number of anilines is 1. The molecular weight excluding hydrogens is 459 g/mol. The first-order valence-corrected chi connectivity index (χ1v) is 13.3. The van der Waals surface area contributed by atoms with E-state index in [1.165, 1.54) is 31.4 Å². The van der Waals surface area contributed by atoms with Crippen molar-refractivity contribution >= 4 is 34.3 Å². The molecule has 6 nitrogen and oxygen atoms in total. The summed E-state index contributed by atoms with van der Waals surface area (Å²) < 4.78 is 15.6. The summed E-state index contributed by atoms with van der Waals surface area (Å²) >= 11 is 5.58. The van der Waals surface area contributed by atoms with Crippen LogP contribution in [0, 0.1) is 5.82 Å². The number of benzene rings is 2. The summed E-state index contributed by atoms with van der Waals surface area (Å²) in [4.78, 5) is 9.72. The Morgan fingerprint density at radius 1 is 0.971 bits per heavy atom. The van der Waals surface area contributed by atoms with Crippen LogP contribution >= 0.6 is 12.2 Å². The number of aromatic nitrogens is 2. The molecule has 2 N–H and O–H groups in total. The van der Waals surface area contributed by atoms with Gasteiger partial charge in [0.25, 0.3) is 0 Å². The quantitative estimate of drug-likeness (QED) is 0.473. The van der Waals surface area contributed by atoms with Gasteiger partial charge >= 0.3 is 0 Å². The van der Waals surface area contributed by atoms with Crippen molar-refractivity contribution in [1.82, 2.24) is 24.7 Å². The monoisotopic (exact) mass is 494 g/mol. The number of para-hydroxylation sites is 2. The van der Waals surface area contributed by atoms with Gasteiger partial charge in [-0.1, -0.05) is 24.3 Å². The molecule has 2 saturated heterocycles. The molecule has 0 unspecified atom stereocenters. The van der Waals surface area contributed by atoms with Crippen molar-refractivity contribution in [3.8, 4) is 0 Å². The molecule has 0 aliphatic carbocycles. The van der Waals surface area contributed by atoms with Crippen LogP contribution in [0.2, 0.25) is 0 Å². The highest BCUT2D eigenvalue weighted by Crippen LogP contribution is 2.24. The molecule has 8 heteroatoms. The lowest BCUT2D eigenvalue weighted by molar-refractivity contribution is 0.221. The predicted molar refractivity (Wildman–Crippen MR) is 144 cm³/mol. The Bertz CT molecular complexity index is 1120. The van der Waals surface area contributed by atoms with Crippen LogP contribution in [0.3, 0.4) is 0 Å². The number of rotatable bonds is 7. The lowest BCUT2D eigenvalue weighted by Gasteiger charge is -2.33. The summed E-state index contributed by atoms with van der Waals surface area (Å²) in [6.07, 6.45) is 5.98. The number of nitrogens with zero attached hydrogens (tertiary/aromatic N) is 4. The lowest BCUT2D eigenvalue weighted by Crippen LogP contribution is -2.46. The average molecular weight is 495 g/mol. The summed E-state index contributed by atoms with van der Waals surface area (Å²) in [5.74, 6) is 0.681. The molecule has 2 aliphatic heterocycles. The van der Waals surface area contributed by atoms with E-state index in [9.17, 15) is 4.39 Å². The molecule has 0 amide bonds. The lowest BCUT2D eigenvalue weighted by atomic mass is 10.1. The molecule has 0 radical (unpaired) electrons. The van der Waals surface area contributed by atoms with Crippen LogP contribution < -0.4 is 10.6 Å². The number of likely N-dealkylation sites (tertiary alicyclic amines) is 2. The van der Waals surface area contributed by atoms with Crippen molar-refractivity contribution < 1.29 is 4.39 Å². The van der Waals surface area contributed by atoms with Crippen LogP contribution in [0.1, 0.15) is 37.7 Å². The zero-order valence-electron chi connectivity index (χ0n) is 20.3. The van der Waals surface area contributed by atoms with Gasteiger partial charge in [0.1, 0.15) is 5.82 Å². The number of imidazole rings is 1. The zero-order chi connectivity index (χ0) is 24.0. The van der Waals surface area contributed by atoms with E-state index in [1.54, 1.807) is 0 Å². The smallest absolute Gasteiger partial charge is 0.204 e. The Labute approximate surface area is 212 Å². The molecule has 0 atom stereocenters. The van der Waals surface area contributed by atoms with Crippen molar-refractivity contribution in [2.45, 2.75) is 44.7 Å². The molecule has 0 spiro atoms. The van der Waals surface area contributed by atoms with E-state index in [-0.39, 0.29) is 5.82 Å². The van der Waals surface area contributed by atoms with Gasteiger partial charge in [-0.25, -0.2) is 9.37 Å². The van der Waals surface area contributed by atoms with Gasteiger partial charge in [-0.3, -0.25) is 0 Å². The first-order chi connectivity index (χ1) is 17.2. The molecule has 2 aliphatic rings. The largest absolute Gasteiger partial charge is 0.361 e. The van der Waals surface area contributed by atoms with E-state index in [0.29, 0.717) is 12.6 Å². The third-order valence-corrected chi connectivity index (χ3v) is 7.58. The minimum atomic E-state index is -0.210. The fraction of sp³-hybridized carbons (Fsp3) is 0.481. The van der Waals surface area contributed by atoms with E-state index in [0.717, 1.165) is 79.8 Å². The molecular formula is C27H35FN6S. The van der Waals surface area contributed by atoms with Crippen molar-refractivity contribution in [3.05, 3.63) is 59.9 Å². The molecule has 5 rings (SSSR count). The number of hydrogen-bond acceptors (Lipinski definition) is 4. The van der Waals surface area contributed by atoms with Gasteiger partial charge in [-0.15, -0.1) is 0 Å². The first kappa shape index (κ1) is 24.0. The topological polar surface area (TPSA) is 48.4 Å². The Morgan fingerprint density at radius 3 is 2.49 bits per heavy atom. The summed E-state index contributed by atoms with van der Waals surface area (Å²) in [6, 6.07) is 15.3. The molecule has 35 heavy (non-hydrogen) atoms. The highest BCUT2D eigenvalue weighted by Gasteiger charge is 2.22. The number of nitrogens with one attached hydrogen (secondary N) is 2. The second-order valence-electron chi connectivity index (χ2n) is 9.68. The summed E-state index contributed by atoms with van der Waals surface area (Å²) in [5, 5.41) is 8.10. The Kier molecular flexibility index (Phi) is 7.79. The van der Waals surface area contributed by atoms with Gasteiger partial charge in [-0.05, 0) is 74.2 Å². The number of fused-ring (bicyclic) bond motifs is 1. The minimum Gasteiger partial charge on any atom is -0.361 e. The van der Waals surface area contributed by atoms with E-state index in [1.807, 2.05) is 30.3 Å². The predicted octanol–water partition coefficient (Wildman–Crippen LogP) is 4.46. The Balaban J connectivity index is 1.15. The maximum Gasteiger partial charge on any atom is 0.204 e. The SMILES string of the molecule is Fc1ccc(Cn2c(NC3CCN(CCNC(=S)N4CCCCC4)CC3)nc3ccccc32)cc1. The van der Waals surface area contributed by atoms with E-state index in [4.69, 9.17) is 17.2 Å². The average Bonchev–Trinajstić information content (AvgIpc) is 3.23.